The maximum absolute atomic E-state index is 13.0. The molecule has 4 N–H and O–H groups in total. The first-order chi connectivity index (χ1) is 13.8. The first-order valence-electron chi connectivity index (χ1n) is 10.4. The minimum Gasteiger partial charge on any atom is -0.462 e. The van der Waals surface area contributed by atoms with E-state index >= 15 is 0 Å². The van der Waals surface area contributed by atoms with Gasteiger partial charge in [0, 0.05) is 6.20 Å². The van der Waals surface area contributed by atoms with Gasteiger partial charge in [0.25, 0.3) is 0 Å². The number of aliphatic hydroxyl groups is 2. The molecule has 4 bridgehead atoms. The zero-order valence-corrected chi connectivity index (χ0v) is 16.1. The lowest BCUT2D eigenvalue weighted by molar-refractivity contribution is -0.177. The molecule has 0 unspecified atom stereocenters. The van der Waals surface area contributed by atoms with Crippen molar-refractivity contribution in [1.82, 2.24) is 9.55 Å². The van der Waals surface area contributed by atoms with Crippen LogP contribution in [0.15, 0.2) is 17.1 Å². The molecule has 1 saturated heterocycles. The highest BCUT2D eigenvalue weighted by Gasteiger charge is 2.56. The SMILES string of the molecule is Nc1ccn([C@H]2O[C@H](COC(=O)C34CC5CC(CC(C5)C3)C4)[C@@H](O)[C@@H]2O)c(=O)n1. The minimum absolute atomic E-state index is 0.0559. The van der Waals surface area contributed by atoms with E-state index in [1.165, 1.54) is 31.5 Å². The van der Waals surface area contributed by atoms with Gasteiger partial charge in [-0.05, 0) is 62.3 Å². The quantitative estimate of drug-likeness (QED) is 0.605. The van der Waals surface area contributed by atoms with Crippen molar-refractivity contribution in [3.63, 3.8) is 0 Å². The normalized spacial score (nSPS) is 42.9. The lowest BCUT2D eigenvalue weighted by atomic mass is 9.49. The minimum atomic E-state index is -1.35. The van der Waals surface area contributed by atoms with Crippen LogP contribution >= 0.6 is 0 Å². The molecule has 9 nitrogen and oxygen atoms in total. The van der Waals surface area contributed by atoms with Crippen molar-refractivity contribution in [3.05, 3.63) is 22.7 Å². The number of nitrogen functional groups attached to an aromatic ring is 1. The van der Waals surface area contributed by atoms with Crippen LogP contribution < -0.4 is 11.4 Å². The van der Waals surface area contributed by atoms with Crippen molar-refractivity contribution >= 4 is 11.8 Å². The van der Waals surface area contributed by atoms with Crippen molar-refractivity contribution in [2.24, 2.45) is 23.2 Å². The predicted octanol–water partition coefficient (Wildman–Crippen LogP) is 0.204. The van der Waals surface area contributed by atoms with Gasteiger partial charge in [0.15, 0.2) is 6.23 Å². The first-order valence-corrected chi connectivity index (χ1v) is 10.4. The number of nitrogens with zero attached hydrogens (tertiary/aromatic N) is 2. The van der Waals surface area contributed by atoms with Crippen molar-refractivity contribution in [1.29, 1.82) is 0 Å². The highest BCUT2D eigenvalue weighted by atomic mass is 16.6. The average Bonchev–Trinajstić information content (AvgIpc) is 2.93. The molecule has 0 radical (unpaired) electrons. The summed E-state index contributed by atoms with van der Waals surface area (Å²) in [7, 11) is 0. The monoisotopic (exact) mass is 405 g/mol. The van der Waals surface area contributed by atoms with Gasteiger partial charge in [0.05, 0.1) is 5.41 Å². The highest BCUT2D eigenvalue weighted by molar-refractivity contribution is 5.77. The number of ether oxygens (including phenoxy) is 2. The Hall–Kier alpha value is -1.97. The standard InChI is InChI=1S/C20H27N3O6/c21-14-1-2-23(19(27)22-14)17-16(25)15(24)13(29-17)9-28-18(26)20-6-10-3-11(7-20)5-12(4-10)8-20/h1-2,10-13,15-17,24-25H,3-9H2,(H2,21,22,27)/t10?,11?,12?,13-,15-,16+,17+,20?/m1/s1. The number of anilines is 1. The van der Waals surface area contributed by atoms with Gasteiger partial charge in [-0.25, -0.2) is 4.79 Å². The third kappa shape index (κ3) is 3.15. The van der Waals surface area contributed by atoms with E-state index in [9.17, 15) is 19.8 Å². The molecule has 1 aromatic heterocycles. The van der Waals surface area contributed by atoms with Crippen LogP contribution in [-0.2, 0) is 14.3 Å². The maximum Gasteiger partial charge on any atom is 0.351 e. The van der Waals surface area contributed by atoms with Gasteiger partial charge in [-0.3, -0.25) is 9.36 Å². The summed E-state index contributed by atoms with van der Waals surface area (Å²) < 4.78 is 12.3. The smallest absolute Gasteiger partial charge is 0.351 e. The molecular formula is C20H27N3O6. The van der Waals surface area contributed by atoms with Crippen LogP contribution in [0.25, 0.3) is 0 Å². The fourth-order valence-corrected chi connectivity index (χ4v) is 6.39. The number of hydrogen-bond acceptors (Lipinski definition) is 8. The number of nitrogens with two attached hydrogens (primary N) is 1. The molecule has 6 rings (SSSR count). The molecule has 4 aliphatic carbocycles. The number of carbonyl (C=O) groups excluding carboxylic acids is 1. The van der Waals surface area contributed by atoms with E-state index in [1.807, 2.05) is 0 Å². The Labute approximate surface area is 167 Å². The molecule has 158 valence electrons. The largest absolute Gasteiger partial charge is 0.462 e. The molecule has 4 atom stereocenters. The summed E-state index contributed by atoms with van der Waals surface area (Å²) in [6.45, 7) is -0.160. The predicted molar refractivity (Wildman–Crippen MR) is 100 cm³/mol. The van der Waals surface area contributed by atoms with Crippen LogP contribution in [0.4, 0.5) is 5.82 Å². The lowest BCUT2D eigenvalue weighted by Gasteiger charge is -2.55. The third-order valence-corrected chi connectivity index (χ3v) is 7.31. The molecule has 1 aromatic rings. The van der Waals surface area contributed by atoms with Crippen molar-refractivity contribution < 1.29 is 24.5 Å². The van der Waals surface area contributed by atoms with Crippen molar-refractivity contribution in [2.45, 2.75) is 63.1 Å². The molecule has 0 amide bonds. The molecule has 5 fully saturated rings. The van der Waals surface area contributed by atoms with E-state index in [2.05, 4.69) is 4.98 Å². The second-order valence-electron chi connectivity index (χ2n) is 9.38. The molecule has 5 aliphatic rings. The number of aromatic nitrogens is 2. The Balaban J connectivity index is 1.25. The average molecular weight is 405 g/mol. The number of rotatable bonds is 4. The van der Waals surface area contributed by atoms with Crippen LogP contribution in [0, 0.1) is 23.2 Å². The molecule has 1 aliphatic heterocycles. The summed E-state index contributed by atoms with van der Waals surface area (Å²) in [4.78, 5) is 28.6. The first kappa shape index (κ1) is 19.0. The molecular weight excluding hydrogens is 378 g/mol. The summed E-state index contributed by atoms with van der Waals surface area (Å²) >= 11 is 0. The highest BCUT2D eigenvalue weighted by Crippen LogP contribution is 2.60. The van der Waals surface area contributed by atoms with Crippen molar-refractivity contribution in [3.8, 4) is 0 Å². The Morgan fingerprint density at radius 3 is 2.41 bits per heavy atom. The molecule has 2 heterocycles. The van der Waals surface area contributed by atoms with E-state index in [4.69, 9.17) is 15.2 Å². The Kier molecular flexibility index (Phi) is 4.45. The van der Waals surface area contributed by atoms with Crippen LogP contribution in [0.3, 0.4) is 0 Å². The Morgan fingerprint density at radius 1 is 1.21 bits per heavy atom. The Morgan fingerprint density at radius 2 is 1.83 bits per heavy atom. The second kappa shape index (κ2) is 6.78. The maximum atomic E-state index is 13.0. The van der Waals surface area contributed by atoms with E-state index in [0.29, 0.717) is 17.8 Å². The molecule has 4 saturated carbocycles. The van der Waals surface area contributed by atoms with Crippen LogP contribution in [-0.4, -0.2) is 50.7 Å². The molecule has 9 heteroatoms. The summed E-state index contributed by atoms with van der Waals surface area (Å²) in [6.07, 6.45) is 3.06. The van der Waals surface area contributed by atoms with Gasteiger partial charge in [-0.1, -0.05) is 0 Å². The summed E-state index contributed by atoms with van der Waals surface area (Å²) in [5.74, 6) is 1.71. The van der Waals surface area contributed by atoms with E-state index in [-0.39, 0.29) is 18.4 Å². The van der Waals surface area contributed by atoms with E-state index < -0.39 is 35.6 Å². The molecule has 0 spiro atoms. The van der Waals surface area contributed by atoms with Gasteiger partial charge in [0.1, 0.15) is 30.7 Å². The van der Waals surface area contributed by atoms with Gasteiger partial charge >= 0.3 is 11.7 Å². The number of carbonyl (C=O) groups is 1. The summed E-state index contributed by atoms with van der Waals surface area (Å²) in [5.41, 5.74) is 4.40. The number of esters is 1. The topological polar surface area (TPSA) is 137 Å². The molecule has 29 heavy (non-hydrogen) atoms. The third-order valence-electron chi connectivity index (χ3n) is 7.31. The van der Waals surface area contributed by atoms with Crippen LogP contribution in [0.2, 0.25) is 0 Å². The van der Waals surface area contributed by atoms with Gasteiger partial charge in [-0.2, -0.15) is 4.98 Å². The van der Waals surface area contributed by atoms with Gasteiger partial charge < -0.3 is 25.4 Å². The summed E-state index contributed by atoms with van der Waals surface area (Å²) in [6, 6.07) is 1.41. The number of aliphatic hydroxyl groups excluding tert-OH is 2. The van der Waals surface area contributed by atoms with Crippen LogP contribution in [0.1, 0.15) is 44.8 Å². The lowest BCUT2D eigenvalue weighted by Crippen LogP contribution is -2.51. The fourth-order valence-electron chi connectivity index (χ4n) is 6.39. The van der Waals surface area contributed by atoms with Gasteiger partial charge in [0.2, 0.25) is 0 Å². The summed E-state index contributed by atoms with van der Waals surface area (Å²) in [5, 5.41) is 20.7. The van der Waals surface area contributed by atoms with Crippen LogP contribution in [0.5, 0.6) is 0 Å². The number of hydrogen-bond donors (Lipinski definition) is 3. The molecule has 0 aromatic carbocycles. The van der Waals surface area contributed by atoms with E-state index in [1.54, 1.807) is 0 Å². The Bertz CT molecular complexity index is 835. The zero-order valence-electron chi connectivity index (χ0n) is 16.1. The fraction of sp³-hybridized carbons (Fsp3) is 0.750. The van der Waals surface area contributed by atoms with Crippen molar-refractivity contribution in [2.75, 3.05) is 12.3 Å². The zero-order chi connectivity index (χ0) is 20.3. The van der Waals surface area contributed by atoms with E-state index in [0.717, 1.165) is 23.8 Å². The second-order valence-corrected chi connectivity index (χ2v) is 9.38. The van der Waals surface area contributed by atoms with Gasteiger partial charge in [-0.15, -0.1) is 0 Å².